The first-order valence-corrected chi connectivity index (χ1v) is 7.29. The first-order chi connectivity index (χ1) is 9.97. The van der Waals surface area contributed by atoms with Gasteiger partial charge in [-0.05, 0) is 51.8 Å². The summed E-state index contributed by atoms with van der Waals surface area (Å²) in [6, 6.07) is 9.26. The Morgan fingerprint density at radius 1 is 1.38 bits per heavy atom. The standard InChI is InChI=1S/C17H23NO3/c1-13(9-10-15-17(2,3)21-15)11-12-20-16(19)18-14-7-5-4-6-8-14/h4-8,11,15H,9-10,12H2,1-3H3,(H,18,19). The van der Waals surface area contributed by atoms with Crippen LogP contribution in [0.2, 0.25) is 0 Å². The molecule has 0 aliphatic carbocycles. The summed E-state index contributed by atoms with van der Waals surface area (Å²) in [4.78, 5) is 11.6. The lowest BCUT2D eigenvalue weighted by Gasteiger charge is -2.05. The Labute approximate surface area is 126 Å². The second-order valence-electron chi connectivity index (χ2n) is 5.89. The highest BCUT2D eigenvalue weighted by Gasteiger charge is 2.46. The average Bonchev–Trinajstić information content (AvgIpc) is 3.05. The van der Waals surface area contributed by atoms with Crippen molar-refractivity contribution in [2.24, 2.45) is 0 Å². The van der Waals surface area contributed by atoms with Crippen LogP contribution in [0.4, 0.5) is 10.5 Å². The summed E-state index contributed by atoms with van der Waals surface area (Å²) in [6.45, 7) is 6.55. The van der Waals surface area contributed by atoms with E-state index in [1.54, 1.807) is 0 Å². The van der Waals surface area contributed by atoms with Crippen LogP contribution in [-0.4, -0.2) is 24.4 Å². The van der Waals surface area contributed by atoms with Crippen LogP contribution in [0.1, 0.15) is 33.6 Å². The third-order valence-corrected chi connectivity index (χ3v) is 3.63. The molecule has 0 bridgehead atoms. The molecule has 1 amide bonds. The SMILES string of the molecule is CC(=CCOC(=O)Nc1ccccc1)CCC1OC1(C)C. The molecule has 1 aromatic carbocycles. The Balaban J connectivity index is 1.63. The third kappa shape index (κ3) is 5.23. The number of nitrogens with one attached hydrogen (secondary N) is 1. The number of para-hydroxylation sites is 1. The molecule has 1 N–H and O–H groups in total. The smallest absolute Gasteiger partial charge is 0.411 e. The van der Waals surface area contributed by atoms with Gasteiger partial charge in [0.25, 0.3) is 0 Å². The first-order valence-electron chi connectivity index (χ1n) is 7.29. The van der Waals surface area contributed by atoms with Gasteiger partial charge in [-0.3, -0.25) is 5.32 Å². The maximum absolute atomic E-state index is 11.6. The fourth-order valence-corrected chi connectivity index (χ4v) is 2.14. The van der Waals surface area contributed by atoms with Crippen molar-refractivity contribution in [2.45, 2.75) is 45.3 Å². The fourth-order valence-electron chi connectivity index (χ4n) is 2.14. The summed E-state index contributed by atoms with van der Waals surface area (Å²) in [7, 11) is 0. The van der Waals surface area contributed by atoms with Crippen LogP contribution in [-0.2, 0) is 9.47 Å². The lowest BCUT2D eigenvalue weighted by atomic mass is 10.0. The number of carbonyl (C=O) groups excluding carboxylic acids is 1. The molecular weight excluding hydrogens is 266 g/mol. The van der Waals surface area contributed by atoms with E-state index in [2.05, 4.69) is 19.2 Å². The number of hydrogen-bond donors (Lipinski definition) is 1. The summed E-state index contributed by atoms with van der Waals surface area (Å²) in [5, 5.41) is 2.68. The Morgan fingerprint density at radius 3 is 2.67 bits per heavy atom. The maximum atomic E-state index is 11.6. The molecule has 21 heavy (non-hydrogen) atoms. The monoisotopic (exact) mass is 289 g/mol. The van der Waals surface area contributed by atoms with E-state index in [1.807, 2.05) is 43.3 Å². The number of anilines is 1. The molecule has 114 valence electrons. The van der Waals surface area contributed by atoms with Crippen molar-refractivity contribution in [1.82, 2.24) is 0 Å². The van der Waals surface area contributed by atoms with Crippen LogP contribution in [0, 0.1) is 0 Å². The van der Waals surface area contributed by atoms with Crippen LogP contribution in [0.5, 0.6) is 0 Å². The fraction of sp³-hybridized carbons (Fsp3) is 0.471. The highest BCUT2D eigenvalue weighted by Crippen LogP contribution is 2.38. The van der Waals surface area contributed by atoms with Crippen molar-refractivity contribution in [3.8, 4) is 0 Å². The van der Waals surface area contributed by atoms with Gasteiger partial charge in [0.05, 0.1) is 11.7 Å². The minimum atomic E-state index is -0.433. The van der Waals surface area contributed by atoms with Crippen LogP contribution >= 0.6 is 0 Å². The second-order valence-corrected chi connectivity index (χ2v) is 5.89. The molecule has 0 aromatic heterocycles. The van der Waals surface area contributed by atoms with Crippen LogP contribution in [0.3, 0.4) is 0 Å². The van der Waals surface area contributed by atoms with Crippen LogP contribution in [0.15, 0.2) is 42.0 Å². The van der Waals surface area contributed by atoms with Gasteiger partial charge in [0.15, 0.2) is 0 Å². The van der Waals surface area contributed by atoms with Crippen molar-refractivity contribution < 1.29 is 14.3 Å². The molecule has 0 saturated carbocycles. The molecule has 1 fully saturated rings. The molecule has 0 radical (unpaired) electrons. The number of amides is 1. The van der Waals surface area contributed by atoms with E-state index in [9.17, 15) is 4.79 Å². The van der Waals surface area contributed by atoms with Gasteiger partial charge >= 0.3 is 6.09 Å². The Hall–Kier alpha value is -1.81. The summed E-state index contributed by atoms with van der Waals surface area (Å²) in [5.74, 6) is 0. The van der Waals surface area contributed by atoms with E-state index in [4.69, 9.17) is 9.47 Å². The van der Waals surface area contributed by atoms with Gasteiger partial charge < -0.3 is 9.47 Å². The number of benzene rings is 1. The molecule has 4 nitrogen and oxygen atoms in total. The summed E-state index contributed by atoms with van der Waals surface area (Å²) >= 11 is 0. The van der Waals surface area contributed by atoms with Gasteiger partial charge in [0, 0.05) is 5.69 Å². The van der Waals surface area contributed by atoms with Gasteiger partial charge in [-0.15, -0.1) is 0 Å². The van der Waals surface area contributed by atoms with E-state index < -0.39 is 6.09 Å². The van der Waals surface area contributed by atoms with Gasteiger partial charge in [-0.1, -0.05) is 23.8 Å². The molecule has 1 aromatic rings. The van der Waals surface area contributed by atoms with E-state index in [0.717, 1.165) is 18.5 Å². The highest BCUT2D eigenvalue weighted by atomic mass is 16.6. The number of epoxide rings is 1. The highest BCUT2D eigenvalue weighted by molar-refractivity contribution is 5.84. The molecule has 1 aliphatic heterocycles. The Kier molecular flexibility index (Phi) is 5.02. The zero-order valence-corrected chi connectivity index (χ0v) is 12.9. The van der Waals surface area contributed by atoms with Crippen LogP contribution < -0.4 is 5.32 Å². The predicted molar refractivity (Wildman–Crippen MR) is 83.4 cm³/mol. The topological polar surface area (TPSA) is 50.9 Å². The summed E-state index contributed by atoms with van der Waals surface area (Å²) in [5.41, 5.74) is 2.00. The quantitative estimate of drug-likeness (QED) is 0.632. The minimum absolute atomic E-state index is 0.0480. The summed E-state index contributed by atoms with van der Waals surface area (Å²) in [6.07, 6.45) is 3.86. The number of hydrogen-bond acceptors (Lipinski definition) is 3. The Bertz CT molecular complexity index is 508. The van der Waals surface area contributed by atoms with Crippen molar-refractivity contribution in [3.05, 3.63) is 42.0 Å². The molecule has 0 spiro atoms. The average molecular weight is 289 g/mol. The van der Waals surface area contributed by atoms with Crippen molar-refractivity contribution >= 4 is 11.8 Å². The normalized spacial score (nSPS) is 20.0. The zero-order chi connectivity index (χ0) is 15.3. The third-order valence-electron chi connectivity index (χ3n) is 3.63. The minimum Gasteiger partial charge on any atom is -0.445 e. The lowest BCUT2D eigenvalue weighted by Crippen LogP contribution is -2.13. The number of ether oxygens (including phenoxy) is 2. The molecule has 1 unspecified atom stereocenters. The van der Waals surface area contributed by atoms with E-state index >= 15 is 0 Å². The molecular formula is C17H23NO3. The second kappa shape index (κ2) is 6.76. The molecule has 1 atom stereocenters. The predicted octanol–water partition coefficient (Wildman–Crippen LogP) is 4.14. The van der Waals surface area contributed by atoms with Gasteiger partial charge in [0.1, 0.15) is 6.61 Å². The number of carbonyl (C=O) groups is 1. The molecule has 1 aliphatic rings. The van der Waals surface area contributed by atoms with Crippen molar-refractivity contribution in [2.75, 3.05) is 11.9 Å². The maximum Gasteiger partial charge on any atom is 0.411 e. The summed E-state index contributed by atoms with van der Waals surface area (Å²) < 4.78 is 10.7. The molecule has 2 rings (SSSR count). The number of allylic oxidation sites excluding steroid dienone is 1. The first kappa shape index (κ1) is 15.6. The van der Waals surface area contributed by atoms with Crippen molar-refractivity contribution in [1.29, 1.82) is 0 Å². The largest absolute Gasteiger partial charge is 0.445 e. The van der Waals surface area contributed by atoms with Gasteiger partial charge in [-0.25, -0.2) is 4.79 Å². The van der Waals surface area contributed by atoms with Gasteiger partial charge in [-0.2, -0.15) is 0 Å². The number of rotatable bonds is 6. The van der Waals surface area contributed by atoms with Crippen LogP contribution in [0.25, 0.3) is 0 Å². The van der Waals surface area contributed by atoms with E-state index in [0.29, 0.717) is 12.7 Å². The molecule has 1 saturated heterocycles. The van der Waals surface area contributed by atoms with E-state index in [-0.39, 0.29) is 5.60 Å². The lowest BCUT2D eigenvalue weighted by molar-refractivity contribution is 0.174. The van der Waals surface area contributed by atoms with Gasteiger partial charge in [0.2, 0.25) is 0 Å². The zero-order valence-electron chi connectivity index (χ0n) is 12.9. The van der Waals surface area contributed by atoms with Crippen molar-refractivity contribution in [3.63, 3.8) is 0 Å². The molecule has 1 heterocycles. The Morgan fingerprint density at radius 2 is 2.05 bits per heavy atom. The van der Waals surface area contributed by atoms with E-state index in [1.165, 1.54) is 5.57 Å². The molecule has 4 heteroatoms.